The molecule has 6 heteroatoms. The second-order valence-electron chi connectivity index (χ2n) is 5.73. The minimum atomic E-state index is -2.35. The average Bonchev–Trinajstić information content (AvgIpc) is 2.65. The van der Waals surface area contributed by atoms with Crippen LogP contribution in [0.5, 0.6) is 0 Å². The molecule has 138 valence electrons. The molecule has 0 aromatic heterocycles. The molecular formula is C20H20F3NO2. The first-order valence-corrected chi connectivity index (χ1v) is 8.17. The van der Waals surface area contributed by atoms with E-state index < -0.39 is 30.5 Å². The zero-order valence-electron chi connectivity index (χ0n) is 14.6. The van der Waals surface area contributed by atoms with Crippen LogP contribution in [0.2, 0.25) is 0 Å². The van der Waals surface area contributed by atoms with E-state index in [0.717, 1.165) is 16.7 Å². The van der Waals surface area contributed by atoms with Crippen molar-refractivity contribution in [3.05, 3.63) is 71.6 Å². The van der Waals surface area contributed by atoms with Crippen molar-refractivity contribution < 1.29 is 22.7 Å². The molecule has 0 aliphatic heterocycles. The van der Waals surface area contributed by atoms with Gasteiger partial charge in [0.2, 0.25) is 0 Å². The van der Waals surface area contributed by atoms with Gasteiger partial charge in [0, 0.05) is 13.5 Å². The summed E-state index contributed by atoms with van der Waals surface area (Å²) < 4.78 is 43.3. The van der Waals surface area contributed by atoms with E-state index in [-0.39, 0.29) is 6.42 Å². The lowest BCUT2D eigenvalue weighted by Crippen LogP contribution is -2.22. The maximum atomic E-state index is 13.2. The van der Waals surface area contributed by atoms with Crippen LogP contribution in [0.25, 0.3) is 11.1 Å². The van der Waals surface area contributed by atoms with Gasteiger partial charge in [-0.2, -0.15) is 8.78 Å². The number of hydrogen-bond acceptors (Lipinski definition) is 2. The Morgan fingerprint density at radius 2 is 1.77 bits per heavy atom. The molecule has 0 saturated heterocycles. The number of hydrogen-bond donors (Lipinski definition) is 1. The minimum Gasteiger partial charge on any atom is -0.441 e. The lowest BCUT2D eigenvalue weighted by atomic mass is 9.92. The van der Waals surface area contributed by atoms with Crippen LogP contribution < -0.4 is 5.32 Å². The van der Waals surface area contributed by atoms with Crippen LogP contribution in [0.1, 0.15) is 30.1 Å². The molecule has 0 fully saturated rings. The predicted molar refractivity (Wildman–Crippen MR) is 94.5 cm³/mol. The third-order valence-corrected chi connectivity index (χ3v) is 4.09. The van der Waals surface area contributed by atoms with E-state index in [1.165, 1.54) is 7.05 Å². The quantitative estimate of drug-likeness (QED) is 0.692. The van der Waals surface area contributed by atoms with Gasteiger partial charge < -0.3 is 10.1 Å². The number of alkyl carbamates (subject to hydrolysis) is 1. The standard InChI is InChI=1S/C20H20F3NO2/c1-13-15(14-7-4-3-5-8-14)9-6-10-16(13)18(26-20(25)24-2)12-11-17(21)19(22)23/h3-10,18H,11-12H2,1-2H3,(H,24,25). The molecule has 2 rings (SSSR count). The number of allylic oxidation sites excluding steroid dienone is 1. The van der Waals surface area contributed by atoms with Gasteiger partial charge in [-0.1, -0.05) is 48.5 Å². The van der Waals surface area contributed by atoms with Gasteiger partial charge in [-0.25, -0.2) is 9.18 Å². The maximum Gasteiger partial charge on any atom is 0.407 e. The van der Waals surface area contributed by atoms with E-state index in [1.54, 1.807) is 12.1 Å². The van der Waals surface area contributed by atoms with Crippen molar-refractivity contribution in [3.8, 4) is 11.1 Å². The highest BCUT2D eigenvalue weighted by atomic mass is 19.3. The summed E-state index contributed by atoms with van der Waals surface area (Å²) in [6.07, 6.45) is -4.50. The SMILES string of the molecule is CNC(=O)OC(CCC(F)=C(F)F)c1cccc(-c2ccccc2)c1C. The Morgan fingerprint density at radius 3 is 2.38 bits per heavy atom. The summed E-state index contributed by atoms with van der Waals surface area (Å²) in [4.78, 5) is 11.7. The fourth-order valence-electron chi connectivity index (χ4n) is 2.75. The number of nitrogens with one attached hydrogen (secondary N) is 1. The van der Waals surface area contributed by atoms with E-state index in [2.05, 4.69) is 5.32 Å². The first-order valence-electron chi connectivity index (χ1n) is 8.17. The van der Waals surface area contributed by atoms with E-state index >= 15 is 0 Å². The Hall–Kier alpha value is -2.76. The zero-order valence-corrected chi connectivity index (χ0v) is 14.6. The molecule has 2 aromatic carbocycles. The van der Waals surface area contributed by atoms with E-state index in [9.17, 15) is 18.0 Å². The topological polar surface area (TPSA) is 38.3 Å². The lowest BCUT2D eigenvalue weighted by Gasteiger charge is -2.21. The number of rotatable bonds is 6. The van der Waals surface area contributed by atoms with Gasteiger partial charge in [0.15, 0.2) is 5.83 Å². The molecule has 0 aliphatic rings. The molecule has 0 aliphatic carbocycles. The van der Waals surface area contributed by atoms with Crippen molar-refractivity contribution in [2.24, 2.45) is 0 Å². The zero-order chi connectivity index (χ0) is 19.1. The summed E-state index contributed by atoms with van der Waals surface area (Å²) in [6, 6.07) is 15.1. The van der Waals surface area contributed by atoms with E-state index in [4.69, 9.17) is 4.74 Å². The molecule has 0 saturated carbocycles. The van der Waals surface area contributed by atoms with Gasteiger partial charge in [-0.05, 0) is 35.6 Å². The molecule has 1 N–H and O–H groups in total. The molecule has 26 heavy (non-hydrogen) atoms. The van der Waals surface area contributed by atoms with Crippen molar-refractivity contribution >= 4 is 6.09 Å². The molecule has 0 heterocycles. The van der Waals surface area contributed by atoms with Crippen molar-refractivity contribution in [1.29, 1.82) is 0 Å². The normalized spacial score (nSPS) is 11.6. The second-order valence-corrected chi connectivity index (χ2v) is 5.73. The van der Waals surface area contributed by atoms with Crippen LogP contribution in [0, 0.1) is 6.92 Å². The third-order valence-electron chi connectivity index (χ3n) is 4.09. The summed E-state index contributed by atoms with van der Waals surface area (Å²) >= 11 is 0. The maximum absolute atomic E-state index is 13.2. The fraction of sp³-hybridized carbons (Fsp3) is 0.250. The van der Waals surface area contributed by atoms with Crippen LogP contribution >= 0.6 is 0 Å². The first-order chi connectivity index (χ1) is 12.4. The Kier molecular flexibility index (Phi) is 6.83. The van der Waals surface area contributed by atoms with Crippen molar-refractivity contribution in [3.63, 3.8) is 0 Å². The summed E-state index contributed by atoms with van der Waals surface area (Å²) in [5.41, 5.74) is 3.41. The highest BCUT2D eigenvalue weighted by Gasteiger charge is 2.21. The summed E-state index contributed by atoms with van der Waals surface area (Å²) in [6.45, 7) is 1.86. The Labute approximate surface area is 150 Å². The highest BCUT2D eigenvalue weighted by Crippen LogP contribution is 2.33. The van der Waals surface area contributed by atoms with Crippen molar-refractivity contribution in [2.45, 2.75) is 25.9 Å². The molecule has 1 atom stereocenters. The number of carbonyl (C=O) groups is 1. The summed E-state index contributed by atoms with van der Waals surface area (Å²) in [5, 5.41) is 2.33. The number of benzene rings is 2. The van der Waals surface area contributed by atoms with Crippen LogP contribution in [-0.2, 0) is 4.74 Å². The van der Waals surface area contributed by atoms with Crippen molar-refractivity contribution in [1.82, 2.24) is 5.32 Å². The molecule has 1 amide bonds. The Balaban J connectivity index is 2.37. The molecule has 1 unspecified atom stereocenters. The molecule has 0 bridgehead atoms. The monoisotopic (exact) mass is 363 g/mol. The molecule has 0 spiro atoms. The number of carbonyl (C=O) groups excluding carboxylic acids is 1. The van der Waals surface area contributed by atoms with E-state index in [1.807, 2.05) is 43.3 Å². The van der Waals surface area contributed by atoms with Crippen LogP contribution in [0.3, 0.4) is 0 Å². The lowest BCUT2D eigenvalue weighted by molar-refractivity contribution is 0.0928. The highest BCUT2D eigenvalue weighted by molar-refractivity contribution is 5.70. The van der Waals surface area contributed by atoms with Gasteiger partial charge in [-0.3, -0.25) is 0 Å². The summed E-state index contributed by atoms with van der Waals surface area (Å²) in [7, 11) is 1.40. The van der Waals surface area contributed by atoms with Gasteiger partial charge in [0.1, 0.15) is 6.10 Å². The summed E-state index contributed by atoms with van der Waals surface area (Å²) in [5.74, 6) is -1.49. The van der Waals surface area contributed by atoms with Crippen LogP contribution in [-0.4, -0.2) is 13.1 Å². The number of amides is 1. The number of halogens is 3. The van der Waals surface area contributed by atoms with Crippen LogP contribution in [0.4, 0.5) is 18.0 Å². The van der Waals surface area contributed by atoms with E-state index in [0.29, 0.717) is 5.56 Å². The predicted octanol–water partition coefficient (Wildman–Crippen LogP) is 5.92. The molecular weight excluding hydrogens is 343 g/mol. The van der Waals surface area contributed by atoms with Gasteiger partial charge in [-0.15, -0.1) is 0 Å². The second kappa shape index (κ2) is 9.08. The fourth-order valence-corrected chi connectivity index (χ4v) is 2.75. The number of ether oxygens (including phenoxy) is 1. The van der Waals surface area contributed by atoms with Crippen molar-refractivity contribution in [2.75, 3.05) is 7.05 Å². The molecule has 2 aromatic rings. The molecule has 0 radical (unpaired) electrons. The molecule has 3 nitrogen and oxygen atoms in total. The largest absolute Gasteiger partial charge is 0.441 e. The third kappa shape index (κ3) is 4.88. The first kappa shape index (κ1) is 19.6. The van der Waals surface area contributed by atoms with Gasteiger partial charge in [0.05, 0.1) is 0 Å². The average molecular weight is 363 g/mol. The Morgan fingerprint density at radius 1 is 1.08 bits per heavy atom. The van der Waals surface area contributed by atoms with Gasteiger partial charge >= 0.3 is 12.2 Å². The van der Waals surface area contributed by atoms with Gasteiger partial charge in [0.25, 0.3) is 0 Å². The Bertz CT molecular complexity index is 787. The minimum absolute atomic E-state index is 0.0876. The van der Waals surface area contributed by atoms with Crippen LogP contribution in [0.15, 0.2) is 60.4 Å². The smallest absolute Gasteiger partial charge is 0.407 e.